The Hall–Kier alpha value is -0.880. The van der Waals surface area contributed by atoms with Crippen LogP contribution in [0.15, 0.2) is 11.0 Å². The van der Waals surface area contributed by atoms with E-state index < -0.39 is 10.8 Å². The second-order valence-corrected chi connectivity index (χ2v) is 7.72. The molecule has 0 radical (unpaired) electrons. The minimum absolute atomic E-state index is 0.0404. The number of aromatic nitrogens is 2. The zero-order valence-corrected chi connectivity index (χ0v) is 14.0. The largest absolute Gasteiger partial charge is 0.377 e. The van der Waals surface area contributed by atoms with Crippen LogP contribution in [0.3, 0.4) is 0 Å². The molecule has 5 nitrogen and oxygen atoms in total. The number of halogens is 1. The smallest absolute Gasteiger partial charge is 0.291 e. The Morgan fingerprint density at radius 3 is 2.86 bits per heavy atom. The zero-order chi connectivity index (χ0) is 15.4. The summed E-state index contributed by atoms with van der Waals surface area (Å²) in [6.07, 6.45) is 7.50. The molecule has 1 N–H and O–H groups in total. The molecular weight excluding hydrogens is 310 g/mol. The topological polar surface area (TPSA) is 64.0 Å². The molecule has 7 heteroatoms. The first-order valence-electron chi connectivity index (χ1n) is 7.29. The van der Waals surface area contributed by atoms with Crippen molar-refractivity contribution in [2.45, 2.75) is 45.2 Å². The van der Waals surface area contributed by atoms with E-state index in [2.05, 4.69) is 10.4 Å². The first kappa shape index (κ1) is 16.5. The number of hydrogen-bond acceptors (Lipinski definition) is 4. The van der Waals surface area contributed by atoms with E-state index in [0.717, 1.165) is 19.3 Å². The van der Waals surface area contributed by atoms with E-state index in [4.69, 9.17) is 11.6 Å². The molecule has 1 saturated carbocycles. The lowest BCUT2D eigenvalue weighted by molar-refractivity contribution is 0.262. The molecule has 0 aromatic carbocycles. The molecule has 1 aliphatic rings. The molecule has 1 heterocycles. The quantitative estimate of drug-likeness (QED) is 0.832. The minimum atomic E-state index is -0.829. The average molecular weight is 332 g/mol. The Balaban J connectivity index is 2.08. The van der Waals surface area contributed by atoms with Crippen molar-refractivity contribution in [1.29, 1.82) is 0 Å². The van der Waals surface area contributed by atoms with Gasteiger partial charge in [-0.25, -0.2) is 4.68 Å². The molecule has 118 valence electrons. The summed E-state index contributed by atoms with van der Waals surface area (Å²) in [5, 5.41) is 7.61. The van der Waals surface area contributed by atoms with Crippen molar-refractivity contribution in [3.8, 4) is 0 Å². The van der Waals surface area contributed by atoms with E-state index in [1.807, 2.05) is 6.92 Å². The van der Waals surface area contributed by atoms with Crippen molar-refractivity contribution in [3.63, 3.8) is 0 Å². The van der Waals surface area contributed by atoms with E-state index >= 15 is 0 Å². The van der Waals surface area contributed by atoms with Crippen LogP contribution in [-0.4, -0.2) is 32.0 Å². The summed E-state index contributed by atoms with van der Waals surface area (Å²) in [4.78, 5) is 12.4. The molecule has 1 aromatic rings. The first-order valence-corrected chi connectivity index (χ1v) is 9.40. The van der Waals surface area contributed by atoms with Crippen molar-refractivity contribution >= 4 is 28.1 Å². The van der Waals surface area contributed by atoms with Crippen LogP contribution in [0.2, 0.25) is 5.02 Å². The predicted octanol–water partition coefficient (Wildman–Crippen LogP) is 2.27. The third kappa shape index (κ3) is 4.54. The molecule has 2 atom stereocenters. The second-order valence-electron chi connectivity index (χ2n) is 5.76. The number of nitrogens with one attached hydrogen (secondary N) is 1. The van der Waals surface area contributed by atoms with Gasteiger partial charge < -0.3 is 5.32 Å². The first-order chi connectivity index (χ1) is 9.97. The van der Waals surface area contributed by atoms with E-state index in [0.29, 0.717) is 28.9 Å². The van der Waals surface area contributed by atoms with Crippen LogP contribution in [0, 0.1) is 5.92 Å². The lowest BCUT2D eigenvalue weighted by Gasteiger charge is -2.25. The van der Waals surface area contributed by atoms with Crippen LogP contribution in [0.25, 0.3) is 0 Å². The normalized spacial score (nSPS) is 18.0. The number of nitrogens with zero attached hydrogens (tertiary/aromatic N) is 2. The maximum absolute atomic E-state index is 12.4. The summed E-state index contributed by atoms with van der Waals surface area (Å²) in [6.45, 7) is 2.62. The van der Waals surface area contributed by atoms with Gasteiger partial charge in [-0.1, -0.05) is 18.0 Å². The summed E-state index contributed by atoms with van der Waals surface area (Å²) in [5.74, 6) is 1.16. The fraction of sp³-hybridized carbons (Fsp3) is 0.714. The molecule has 2 rings (SSSR count). The number of hydrogen-bond donors (Lipinski definition) is 1. The van der Waals surface area contributed by atoms with Gasteiger partial charge in [0.25, 0.3) is 5.56 Å². The van der Waals surface area contributed by atoms with Gasteiger partial charge in [0.05, 0.1) is 11.2 Å². The van der Waals surface area contributed by atoms with Gasteiger partial charge >= 0.3 is 0 Å². The summed E-state index contributed by atoms with van der Waals surface area (Å²) < 4.78 is 12.6. The van der Waals surface area contributed by atoms with Gasteiger partial charge in [0, 0.05) is 35.4 Å². The highest BCUT2D eigenvalue weighted by Crippen LogP contribution is 2.27. The molecule has 1 fully saturated rings. The average Bonchev–Trinajstić information content (AvgIpc) is 2.38. The molecule has 2 unspecified atom stereocenters. The van der Waals surface area contributed by atoms with Crippen molar-refractivity contribution in [3.05, 3.63) is 21.6 Å². The highest BCUT2D eigenvalue weighted by atomic mass is 35.5. The molecule has 1 aliphatic carbocycles. The van der Waals surface area contributed by atoms with E-state index in [1.165, 1.54) is 17.3 Å². The van der Waals surface area contributed by atoms with Crippen LogP contribution in [-0.2, 0) is 17.3 Å². The molecule has 0 spiro atoms. The molecule has 0 bridgehead atoms. The number of anilines is 1. The minimum Gasteiger partial charge on any atom is -0.377 e. The Labute approximate surface area is 132 Å². The highest BCUT2D eigenvalue weighted by molar-refractivity contribution is 7.84. The van der Waals surface area contributed by atoms with Crippen molar-refractivity contribution in [2.75, 3.05) is 17.3 Å². The van der Waals surface area contributed by atoms with E-state index in [1.54, 1.807) is 6.26 Å². The maximum Gasteiger partial charge on any atom is 0.291 e. The molecule has 0 amide bonds. The summed E-state index contributed by atoms with van der Waals surface area (Å²) >= 11 is 6.09. The Morgan fingerprint density at radius 2 is 2.29 bits per heavy atom. The molecule has 21 heavy (non-hydrogen) atoms. The van der Waals surface area contributed by atoms with Crippen LogP contribution >= 0.6 is 11.6 Å². The van der Waals surface area contributed by atoms with Crippen molar-refractivity contribution in [2.24, 2.45) is 5.92 Å². The monoisotopic (exact) mass is 331 g/mol. The van der Waals surface area contributed by atoms with E-state index in [-0.39, 0.29) is 11.6 Å². The second kappa shape index (κ2) is 7.40. The summed E-state index contributed by atoms with van der Waals surface area (Å²) in [5.41, 5.74) is 0.235. The van der Waals surface area contributed by atoms with Gasteiger partial charge in [-0.05, 0) is 32.1 Å². The molecule has 0 aliphatic heterocycles. The summed E-state index contributed by atoms with van der Waals surface area (Å²) in [7, 11) is -0.829. The Bertz CT molecular complexity index is 572. The standard InChI is InChI=1S/C14H22ClN3O2S/c1-10(6-7-21(2)20)17-13-12(15)8-16-18(14(13)19)9-11-4-3-5-11/h8,10-11,17H,3-7,9H2,1-2H3. The van der Waals surface area contributed by atoms with Gasteiger partial charge in [-0.2, -0.15) is 5.10 Å². The van der Waals surface area contributed by atoms with Crippen LogP contribution in [0.4, 0.5) is 5.69 Å². The fourth-order valence-corrected chi connectivity index (χ4v) is 3.18. The molecular formula is C14H22ClN3O2S. The third-order valence-corrected chi connectivity index (χ3v) is 4.98. The van der Waals surface area contributed by atoms with Crippen LogP contribution < -0.4 is 10.9 Å². The predicted molar refractivity (Wildman–Crippen MR) is 87.5 cm³/mol. The fourth-order valence-electron chi connectivity index (χ4n) is 2.31. The zero-order valence-electron chi connectivity index (χ0n) is 12.5. The van der Waals surface area contributed by atoms with E-state index in [9.17, 15) is 9.00 Å². The highest BCUT2D eigenvalue weighted by Gasteiger charge is 2.20. The van der Waals surface area contributed by atoms with Gasteiger partial charge in [0.15, 0.2) is 0 Å². The Morgan fingerprint density at radius 1 is 1.57 bits per heavy atom. The lowest BCUT2D eigenvalue weighted by Crippen LogP contribution is -2.32. The SMILES string of the molecule is CC(CCS(C)=O)Nc1c(Cl)cnn(CC2CCC2)c1=O. The van der Waals surface area contributed by atoms with Gasteiger partial charge in [-0.15, -0.1) is 0 Å². The van der Waals surface area contributed by atoms with Gasteiger partial charge in [0.1, 0.15) is 5.69 Å². The van der Waals surface area contributed by atoms with Crippen LogP contribution in [0.5, 0.6) is 0 Å². The Kier molecular flexibility index (Phi) is 5.81. The van der Waals surface area contributed by atoms with Crippen LogP contribution in [0.1, 0.15) is 32.6 Å². The number of rotatable bonds is 7. The van der Waals surface area contributed by atoms with Gasteiger partial charge in [-0.3, -0.25) is 9.00 Å². The molecule has 1 aromatic heterocycles. The van der Waals surface area contributed by atoms with Crippen molar-refractivity contribution < 1.29 is 4.21 Å². The van der Waals surface area contributed by atoms with Gasteiger partial charge in [0.2, 0.25) is 0 Å². The molecule has 0 saturated heterocycles. The van der Waals surface area contributed by atoms with Crippen molar-refractivity contribution in [1.82, 2.24) is 9.78 Å². The maximum atomic E-state index is 12.4. The third-order valence-electron chi connectivity index (χ3n) is 3.88. The summed E-state index contributed by atoms with van der Waals surface area (Å²) in [6, 6.07) is 0.0404. The lowest BCUT2D eigenvalue weighted by atomic mass is 9.85.